The van der Waals surface area contributed by atoms with Crippen LogP contribution < -0.4 is 10.6 Å². The number of fused-ring (bicyclic) bond motifs is 2. The Bertz CT molecular complexity index is 775. The van der Waals surface area contributed by atoms with Crippen LogP contribution in [0.4, 0.5) is 0 Å². The molecular formula is C20H27IN4O2. The van der Waals surface area contributed by atoms with E-state index in [1.165, 1.54) is 12.0 Å². The van der Waals surface area contributed by atoms with Gasteiger partial charge < -0.3 is 19.8 Å². The standard InChI is InChI=1S/C20H26N4O2.HI/c1-13-3-5-14(6-4-13)19-23-15(12-25-19)9-10-22-20(21-2)24-17-11-16-7-8-18(17)26-16;/h3-6,12,16-18H,7-11H2,1-2H3,(H2,21,22,24);1H. The topological polar surface area (TPSA) is 71.7 Å². The van der Waals surface area contributed by atoms with Gasteiger partial charge in [0, 0.05) is 25.6 Å². The van der Waals surface area contributed by atoms with E-state index in [2.05, 4.69) is 39.7 Å². The SMILES string of the molecule is CN=C(NCCc1coc(-c2ccc(C)cc2)n1)NC1CC2CCC1O2.I. The molecule has 0 aliphatic carbocycles. The molecule has 2 aliphatic rings. The summed E-state index contributed by atoms with van der Waals surface area (Å²) in [5.41, 5.74) is 3.17. The first-order chi connectivity index (χ1) is 12.7. The summed E-state index contributed by atoms with van der Waals surface area (Å²) < 4.78 is 11.5. The number of rotatable bonds is 5. The number of halogens is 1. The molecule has 27 heavy (non-hydrogen) atoms. The molecule has 2 aliphatic heterocycles. The van der Waals surface area contributed by atoms with Crippen LogP contribution >= 0.6 is 24.0 Å². The van der Waals surface area contributed by atoms with Crippen LogP contribution in [0.3, 0.4) is 0 Å². The lowest BCUT2D eigenvalue weighted by Crippen LogP contribution is -2.47. The predicted molar refractivity (Wildman–Crippen MR) is 117 cm³/mol. The summed E-state index contributed by atoms with van der Waals surface area (Å²) in [5.74, 6) is 1.50. The third-order valence-electron chi connectivity index (χ3n) is 5.18. The first kappa shape index (κ1) is 20.1. The van der Waals surface area contributed by atoms with Crippen molar-refractivity contribution in [3.8, 4) is 11.5 Å². The molecule has 0 saturated carbocycles. The Morgan fingerprint density at radius 2 is 2.07 bits per heavy atom. The second-order valence-electron chi connectivity index (χ2n) is 7.12. The highest BCUT2D eigenvalue weighted by Gasteiger charge is 2.41. The van der Waals surface area contributed by atoms with E-state index in [0.29, 0.717) is 24.1 Å². The first-order valence-corrected chi connectivity index (χ1v) is 9.35. The van der Waals surface area contributed by atoms with E-state index >= 15 is 0 Å². The third-order valence-corrected chi connectivity index (χ3v) is 5.18. The molecule has 2 bridgehead atoms. The first-order valence-electron chi connectivity index (χ1n) is 9.35. The van der Waals surface area contributed by atoms with Gasteiger partial charge in [0.1, 0.15) is 6.26 Å². The zero-order valence-electron chi connectivity index (χ0n) is 15.8. The van der Waals surface area contributed by atoms with Crippen LogP contribution in [0.1, 0.15) is 30.5 Å². The van der Waals surface area contributed by atoms with Crippen molar-refractivity contribution in [2.45, 2.75) is 50.9 Å². The van der Waals surface area contributed by atoms with Crippen LogP contribution in [0.5, 0.6) is 0 Å². The molecule has 2 N–H and O–H groups in total. The zero-order chi connectivity index (χ0) is 17.9. The van der Waals surface area contributed by atoms with E-state index in [0.717, 1.165) is 43.0 Å². The maximum Gasteiger partial charge on any atom is 0.226 e. The molecule has 2 aromatic rings. The summed E-state index contributed by atoms with van der Waals surface area (Å²) in [5, 5.41) is 6.85. The monoisotopic (exact) mass is 482 g/mol. The van der Waals surface area contributed by atoms with Gasteiger partial charge in [-0.1, -0.05) is 17.7 Å². The van der Waals surface area contributed by atoms with Gasteiger partial charge in [0.2, 0.25) is 5.89 Å². The van der Waals surface area contributed by atoms with Crippen LogP contribution in [0, 0.1) is 6.92 Å². The molecule has 4 rings (SSSR count). The number of hydrogen-bond donors (Lipinski definition) is 2. The van der Waals surface area contributed by atoms with Crippen LogP contribution in [0.25, 0.3) is 11.5 Å². The average molecular weight is 482 g/mol. The molecule has 1 aromatic heterocycles. The highest BCUT2D eigenvalue weighted by Crippen LogP contribution is 2.34. The predicted octanol–water partition coefficient (Wildman–Crippen LogP) is 3.30. The van der Waals surface area contributed by atoms with Gasteiger partial charge in [-0.05, 0) is 38.3 Å². The largest absolute Gasteiger partial charge is 0.444 e. The second-order valence-corrected chi connectivity index (χ2v) is 7.12. The fraction of sp³-hybridized carbons (Fsp3) is 0.500. The maximum absolute atomic E-state index is 5.89. The Morgan fingerprint density at radius 3 is 2.74 bits per heavy atom. The summed E-state index contributed by atoms with van der Waals surface area (Å²) >= 11 is 0. The van der Waals surface area contributed by atoms with Crippen LogP contribution in [-0.4, -0.2) is 42.8 Å². The van der Waals surface area contributed by atoms with Crippen molar-refractivity contribution in [2.75, 3.05) is 13.6 Å². The minimum atomic E-state index is 0. The summed E-state index contributed by atoms with van der Waals surface area (Å²) in [4.78, 5) is 8.90. The van der Waals surface area contributed by atoms with Crippen molar-refractivity contribution in [1.29, 1.82) is 0 Å². The molecule has 6 nitrogen and oxygen atoms in total. The fourth-order valence-electron chi connectivity index (χ4n) is 3.72. The molecular weight excluding hydrogens is 455 g/mol. The number of ether oxygens (including phenoxy) is 1. The second kappa shape index (κ2) is 9.05. The van der Waals surface area contributed by atoms with E-state index < -0.39 is 0 Å². The molecule has 2 fully saturated rings. The van der Waals surface area contributed by atoms with E-state index in [4.69, 9.17) is 9.15 Å². The third kappa shape index (κ3) is 4.82. The average Bonchev–Trinajstić information content (AvgIpc) is 3.38. The maximum atomic E-state index is 5.89. The van der Waals surface area contributed by atoms with Gasteiger partial charge in [-0.2, -0.15) is 0 Å². The molecule has 146 valence electrons. The van der Waals surface area contributed by atoms with Gasteiger partial charge in [-0.25, -0.2) is 4.98 Å². The summed E-state index contributed by atoms with van der Waals surface area (Å²) in [6.45, 7) is 2.82. The number of hydrogen-bond acceptors (Lipinski definition) is 4. The van der Waals surface area contributed by atoms with E-state index in [-0.39, 0.29) is 24.0 Å². The molecule has 3 heterocycles. The van der Waals surface area contributed by atoms with E-state index in [1.807, 2.05) is 12.1 Å². The number of aromatic nitrogens is 1. The fourth-order valence-corrected chi connectivity index (χ4v) is 3.72. The van der Waals surface area contributed by atoms with E-state index in [1.54, 1.807) is 13.3 Å². The van der Waals surface area contributed by atoms with Gasteiger partial charge in [0.05, 0.1) is 23.9 Å². The van der Waals surface area contributed by atoms with Crippen molar-refractivity contribution in [1.82, 2.24) is 15.6 Å². The smallest absolute Gasteiger partial charge is 0.226 e. The minimum absolute atomic E-state index is 0. The van der Waals surface area contributed by atoms with Crippen molar-refractivity contribution in [3.05, 3.63) is 41.8 Å². The van der Waals surface area contributed by atoms with Gasteiger partial charge >= 0.3 is 0 Å². The Balaban J connectivity index is 0.00000210. The Kier molecular flexibility index (Phi) is 6.75. The highest BCUT2D eigenvalue weighted by atomic mass is 127. The molecule has 0 spiro atoms. The molecule has 0 radical (unpaired) electrons. The van der Waals surface area contributed by atoms with Crippen molar-refractivity contribution >= 4 is 29.9 Å². The number of nitrogens with zero attached hydrogens (tertiary/aromatic N) is 2. The molecule has 3 atom stereocenters. The lowest BCUT2D eigenvalue weighted by Gasteiger charge is -2.22. The van der Waals surface area contributed by atoms with Crippen LogP contribution in [-0.2, 0) is 11.2 Å². The van der Waals surface area contributed by atoms with Crippen molar-refractivity contribution < 1.29 is 9.15 Å². The van der Waals surface area contributed by atoms with Gasteiger partial charge in [0.15, 0.2) is 5.96 Å². The van der Waals surface area contributed by atoms with Gasteiger partial charge in [-0.15, -0.1) is 24.0 Å². The minimum Gasteiger partial charge on any atom is -0.444 e. The van der Waals surface area contributed by atoms with Gasteiger partial charge in [0.25, 0.3) is 0 Å². The van der Waals surface area contributed by atoms with Gasteiger partial charge in [-0.3, -0.25) is 4.99 Å². The van der Waals surface area contributed by atoms with Crippen LogP contribution in [0.2, 0.25) is 0 Å². The number of oxazole rings is 1. The van der Waals surface area contributed by atoms with E-state index in [9.17, 15) is 0 Å². The molecule has 1 aromatic carbocycles. The normalized spacial score (nSPS) is 23.9. The zero-order valence-corrected chi connectivity index (χ0v) is 18.1. The molecule has 2 saturated heterocycles. The number of benzene rings is 1. The molecule has 7 heteroatoms. The summed E-state index contributed by atoms with van der Waals surface area (Å²) in [6, 6.07) is 8.57. The summed E-state index contributed by atoms with van der Waals surface area (Å²) in [7, 11) is 1.80. The molecule has 0 amide bonds. The Morgan fingerprint density at radius 1 is 1.26 bits per heavy atom. The summed E-state index contributed by atoms with van der Waals surface area (Å²) in [6.07, 6.45) is 6.72. The number of guanidine groups is 1. The number of aryl methyl sites for hydroxylation is 1. The number of aliphatic imine (C=N–C) groups is 1. The van der Waals surface area contributed by atoms with Crippen molar-refractivity contribution in [3.63, 3.8) is 0 Å². The lowest BCUT2D eigenvalue weighted by atomic mass is 9.96. The lowest BCUT2D eigenvalue weighted by molar-refractivity contribution is 0.0992. The quantitative estimate of drug-likeness (QED) is 0.389. The van der Waals surface area contributed by atoms with Crippen LogP contribution in [0.15, 0.2) is 39.9 Å². The highest BCUT2D eigenvalue weighted by molar-refractivity contribution is 14.0. The molecule has 3 unspecified atom stereocenters. The Labute approximate surface area is 177 Å². The number of nitrogens with one attached hydrogen (secondary N) is 2. The van der Waals surface area contributed by atoms with Crippen molar-refractivity contribution in [2.24, 2.45) is 4.99 Å². The Hall–Kier alpha value is -1.61.